The van der Waals surface area contributed by atoms with Crippen LogP contribution in [0.5, 0.6) is 5.75 Å². The third-order valence-electron chi connectivity index (χ3n) is 5.45. The second-order valence-electron chi connectivity index (χ2n) is 7.29. The average molecular weight is 438 g/mol. The molecule has 1 unspecified atom stereocenters. The molecule has 0 saturated carbocycles. The highest BCUT2D eigenvalue weighted by molar-refractivity contribution is 6.33. The maximum Gasteiger partial charge on any atom is 0.307 e. The Labute approximate surface area is 180 Å². The summed E-state index contributed by atoms with van der Waals surface area (Å²) in [5, 5.41) is 10.1. The Morgan fingerprint density at radius 2 is 2.21 bits per heavy atom. The molecule has 1 aliphatic carbocycles. The quantitative estimate of drug-likeness (QED) is 0.447. The summed E-state index contributed by atoms with van der Waals surface area (Å²) < 4.78 is 5.91. The zero-order valence-electron chi connectivity index (χ0n) is 16.6. The molecule has 0 amide bonds. The first-order valence-corrected chi connectivity index (χ1v) is 10.5. The Morgan fingerprint density at radius 1 is 1.41 bits per heavy atom. The van der Waals surface area contributed by atoms with E-state index in [2.05, 4.69) is 16.0 Å². The average Bonchev–Trinajstić information content (AvgIpc) is 3.10. The van der Waals surface area contributed by atoms with Gasteiger partial charge in [-0.05, 0) is 66.5 Å². The Bertz CT molecular complexity index is 878. The first kappa shape index (κ1) is 21.7. The number of aryl methyl sites for hydroxylation is 1. The van der Waals surface area contributed by atoms with Crippen LogP contribution in [0.2, 0.25) is 10.3 Å². The van der Waals surface area contributed by atoms with Crippen LogP contribution in [0.4, 0.5) is 5.82 Å². The van der Waals surface area contributed by atoms with Crippen LogP contribution in [-0.2, 0) is 11.2 Å². The molecular weight excluding hydrogens is 413 g/mol. The summed E-state index contributed by atoms with van der Waals surface area (Å²) in [6.07, 6.45) is 4.70. The Kier molecular flexibility index (Phi) is 7.19. The van der Waals surface area contributed by atoms with Gasteiger partial charge >= 0.3 is 5.97 Å². The fourth-order valence-electron chi connectivity index (χ4n) is 3.97. The van der Waals surface area contributed by atoms with Crippen LogP contribution in [0.15, 0.2) is 24.4 Å². The van der Waals surface area contributed by atoms with Crippen molar-refractivity contribution in [2.24, 2.45) is 5.92 Å². The number of fused-ring (bicyclic) bond motifs is 1. The molecule has 1 N–H and O–H groups in total. The number of hydrogen-bond acceptors (Lipinski definition) is 5. The molecule has 2 atom stereocenters. The lowest BCUT2D eigenvalue weighted by Crippen LogP contribution is -2.22. The summed E-state index contributed by atoms with van der Waals surface area (Å²) in [7, 11) is 1.90. The number of carboxylic acids is 1. The highest BCUT2D eigenvalue weighted by Gasteiger charge is 2.33. The number of carboxylic acid groups (broad SMARTS) is 1. The van der Waals surface area contributed by atoms with E-state index in [0.717, 1.165) is 30.6 Å². The molecule has 0 radical (unpaired) electrons. The predicted octanol–water partition coefficient (Wildman–Crippen LogP) is 4.83. The number of aromatic nitrogens is 2. The van der Waals surface area contributed by atoms with Gasteiger partial charge in [0.2, 0.25) is 5.28 Å². The van der Waals surface area contributed by atoms with Crippen LogP contribution in [0.1, 0.15) is 43.2 Å². The van der Waals surface area contributed by atoms with Crippen LogP contribution in [-0.4, -0.2) is 41.2 Å². The van der Waals surface area contributed by atoms with Crippen LogP contribution in [0.3, 0.4) is 0 Å². The Morgan fingerprint density at radius 3 is 2.93 bits per heavy atom. The molecule has 0 saturated heterocycles. The van der Waals surface area contributed by atoms with Crippen molar-refractivity contribution < 1.29 is 14.6 Å². The number of benzene rings is 1. The van der Waals surface area contributed by atoms with Crippen LogP contribution in [0, 0.1) is 5.92 Å². The second-order valence-corrected chi connectivity index (χ2v) is 8.04. The largest absolute Gasteiger partial charge is 0.494 e. The van der Waals surface area contributed by atoms with Crippen molar-refractivity contribution in [3.63, 3.8) is 0 Å². The van der Waals surface area contributed by atoms with Crippen molar-refractivity contribution >= 4 is 35.0 Å². The standard InChI is InChI=1S/C21H25Cl2N3O3/c1-3-15(20(27)28)17-7-5-13-11-14(6-8-16(13)17)29-10-4-9-26(2)19-18(22)12-24-21(23)25-19/h6,8,11-12,15,17H,3-5,7,9-10H2,1-2H3,(H,27,28)/t15?,17-/m0/s1. The fraction of sp³-hybridized carbons (Fsp3) is 0.476. The lowest BCUT2D eigenvalue weighted by Gasteiger charge is -2.20. The molecule has 3 rings (SSSR count). The van der Waals surface area contributed by atoms with Crippen molar-refractivity contribution in [2.75, 3.05) is 25.1 Å². The molecule has 1 aromatic heterocycles. The minimum absolute atomic E-state index is 0.0969. The topological polar surface area (TPSA) is 75.6 Å². The number of aliphatic carboxylic acids is 1. The monoisotopic (exact) mass is 437 g/mol. The van der Waals surface area contributed by atoms with E-state index in [-0.39, 0.29) is 17.1 Å². The molecule has 0 spiro atoms. The number of carbonyl (C=O) groups is 1. The smallest absolute Gasteiger partial charge is 0.307 e. The first-order valence-electron chi connectivity index (χ1n) is 9.78. The fourth-order valence-corrected chi connectivity index (χ4v) is 4.33. The Balaban J connectivity index is 1.53. The van der Waals surface area contributed by atoms with E-state index in [1.165, 1.54) is 11.8 Å². The van der Waals surface area contributed by atoms with Gasteiger partial charge < -0.3 is 14.7 Å². The van der Waals surface area contributed by atoms with Gasteiger partial charge in [-0.3, -0.25) is 4.79 Å². The number of nitrogens with zero attached hydrogens (tertiary/aromatic N) is 3. The van der Waals surface area contributed by atoms with E-state index >= 15 is 0 Å². The molecule has 156 valence electrons. The third kappa shape index (κ3) is 5.11. The SMILES string of the molecule is CCC(C(=O)O)[C@@H]1CCc2cc(OCCCN(C)c3nc(Cl)ncc3Cl)ccc21. The van der Waals surface area contributed by atoms with Gasteiger partial charge in [-0.25, -0.2) is 4.98 Å². The number of hydrogen-bond donors (Lipinski definition) is 1. The summed E-state index contributed by atoms with van der Waals surface area (Å²) in [4.78, 5) is 21.4. The first-order chi connectivity index (χ1) is 13.9. The summed E-state index contributed by atoms with van der Waals surface area (Å²) in [6.45, 7) is 3.19. The summed E-state index contributed by atoms with van der Waals surface area (Å²) >= 11 is 12.0. The molecule has 0 fully saturated rings. The molecule has 1 heterocycles. The second kappa shape index (κ2) is 9.63. The summed E-state index contributed by atoms with van der Waals surface area (Å²) in [5.41, 5.74) is 2.35. The van der Waals surface area contributed by atoms with E-state index in [4.69, 9.17) is 27.9 Å². The van der Waals surface area contributed by atoms with E-state index in [9.17, 15) is 9.90 Å². The summed E-state index contributed by atoms with van der Waals surface area (Å²) in [5.74, 6) is 0.484. The maximum absolute atomic E-state index is 11.5. The minimum Gasteiger partial charge on any atom is -0.494 e. The number of ether oxygens (including phenoxy) is 1. The van der Waals surface area contributed by atoms with E-state index in [1.807, 2.05) is 31.0 Å². The number of halogens is 2. The normalized spacial score (nSPS) is 16.3. The van der Waals surface area contributed by atoms with E-state index in [1.54, 1.807) is 0 Å². The lowest BCUT2D eigenvalue weighted by molar-refractivity contribution is -0.142. The highest BCUT2D eigenvalue weighted by atomic mass is 35.5. The van der Waals surface area contributed by atoms with Crippen molar-refractivity contribution in [1.29, 1.82) is 0 Å². The van der Waals surface area contributed by atoms with E-state index in [0.29, 0.717) is 30.4 Å². The summed E-state index contributed by atoms with van der Waals surface area (Å²) in [6, 6.07) is 6.02. The van der Waals surface area contributed by atoms with E-state index < -0.39 is 5.97 Å². The number of anilines is 1. The minimum atomic E-state index is -0.708. The molecule has 2 aromatic rings. The molecule has 8 heteroatoms. The maximum atomic E-state index is 11.5. The molecular formula is C21H25Cl2N3O3. The van der Waals surface area contributed by atoms with Gasteiger partial charge in [0.25, 0.3) is 0 Å². The Hall–Kier alpha value is -2.05. The molecule has 1 aromatic carbocycles. The van der Waals surface area contributed by atoms with Crippen molar-refractivity contribution in [2.45, 2.75) is 38.5 Å². The van der Waals surface area contributed by atoms with Gasteiger partial charge in [-0.2, -0.15) is 4.98 Å². The third-order valence-corrected chi connectivity index (χ3v) is 5.89. The number of rotatable bonds is 9. The van der Waals surface area contributed by atoms with Crippen LogP contribution < -0.4 is 9.64 Å². The molecule has 6 nitrogen and oxygen atoms in total. The van der Waals surface area contributed by atoms with Crippen LogP contribution >= 0.6 is 23.2 Å². The molecule has 0 aliphatic heterocycles. The highest BCUT2D eigenvalue weighted by Crippen LogP contribution is 2.41. The van der Waals surface area contributed by atoms with Crippen LogP contribution in [0.25, 0.3) is 0 Å². The van der Waals surface area contributed by atoms with Gasteiger partial charge in [0, 0.05) is 13.6 Å². The zero-order valence-corrected chi connectivity index (χ0v) is 18.1. The van der Waals surface area contributed by atoms with Gasteiger partial charge in [0.15, 0.2) is 5.82 Å². The molecule has 0 bridgehead atoms. The lowest BCUT2D eigenvalue weighted by atomic mass is 9.85. The van der Waals surface area contributed by atoms with Gasteiger partial charge in [-0.15, -0.1) is 0 Å². The zero-order chi connectivity index (χ0) is 21.0. The van der Waals surface area contributed by atoms with Crippen molar-refractivity contribution in [3.05, 3.63) is 45.8 Å². The van der Waals surface area contributed by atoms with Gasteiger partial charge in [0.05, 0.1) is 18.7 Å². The molecule has 29 heavy (non-hydrogen) atoms. The molecule has 1 aliphatic rings. The van der Waals surface area contributed by atoms with Crippen molar-refractivity contribution in [1.82, 2.24) is 9.97 Å². The van der Waals surface area contributed by atoms with Crippen molar-refractivity contribution in [3.8, 4) is 5.75 Å². The van der Waals surface area contributed by atoms with Gasteiger partial charge in [-0.1, -0.05) is 24.6 Å². The predicted molar refractivity (Wildman–Crippen MR) is 114 cm³/mol. The van der Waals surface area contributed by atoms with Gasteiger partial charge in [0.1, 0.15) is 10.8 Å².